The minimum atomic E-state index is 0.224. The summed E-state index contributed by atoms with van der Waals surface area (Å²) in [7, 11) is 0. The lowest BCUT2D eigenvalue weighted by molar-refractivity contribution is 0.431. The number of aromatic hydroxyl groups is 1. The van der Waals surface area contributed by atoms with E-state index < -0.39 is 0 Å². The zero-order chi connectivity index (χ0) is 10.1. The predicted octanol–water partition coefficient (Wildman–Crippen LogP) is 1.94. The minimum absolute atomic E-state index is 0.224. The smallest absolute Gasteiger partial charge is 0.230 e. The Labute approximate surface area is 81.0 Å². The van der Waals surface area contributed by atoms with Crippen molar-refractivity contribution in [1.82, 2.24) is 5.16 Å². The Morgan fingerprint density at radius 3 is 2.43 bits per heavy atom. The maximum absolute atomic E-state index is 9.12. The fraction of sp³-hybridized carbons (Fsp3) is 0.100. The molecule has 0 aliphatic heterocycles. The molecule has 1 aromatic carbocycles. The maximum Gasteiger partial charge on any atom is 0.230 e. The van der Waals surface area contributed by atoms with Gasteiger partial charge in [0, 0.05) is 0 Å². The van der Waals surface area contributed by atoms with Crippen molar-refractivity contribution >= 4 is 5.88 Å². The van der Waals surface area contributed by atoms with Crippen LogP contribution >= 0.6 is 0 Å². The summed E-state index contributed by atoms with van der Waals surface area (Å²) >= 11 is 0. The number of hydrogen-bond donors (Lipinski definition) is 2. The fourth-order valence-corrected chi connectivity index (χ4v) is 1.37. The second-order valence-corrected chi connectivity index (χ2v) is 3.05. The van der Waals surface area contributed by atoms with E-state index in [1.807, 2.05) is 6.92 Å². The zero-order valence-corrected chi connectivity index (χ0v) is 7.69. The predicted molar refractivity (Wildman–Crippen MR) is 52.8 cm³/mol. The van der Waals surface area contributed by atoms with Crippen molar-refractivity contribution in [3.05, 3.63) is 30.0 Å². The molecule has 2 aromatic rings. The molecule has 72 valence electrons. The molecule has 0 aliphatic rings. The van der Waals surface area contributed by atoms with Crippen LogP contribution in [0.5, 0.6) is 5.75 Å². The standard InChI is InChI=1S/C10H10N2O2/c1-6-9(10(11)14-12-6)7-2-4-8(13)5-3-7/h2-5,13H,11H2,1H3. The van der Waals surface area contributed by atoms with E-state index in [0.29, 0.717) is 5.88 Å². The molecule has 4 nitrogen and oxygen atoms in total. The Kier molecular flexibility index (Phi) is 1.89. The van der Waals surface area contributed by atoms with E-state index in [-0.39, 0.29) is 5.75 Å². The third kappa shape index (κ3) is 1.31. The van der Waals surface area contributed by atoms with Gasteiger partial charge in [-0.15, -0.1) is 0 Å². The Morgan fingerprint density at radius 1 is 1.29 bits per heavy atom. The SMILES string of the molecule is Cc1noc(N)c1-c1ccc(O)cc1. The summed E-state index contributed by atoms with van der Waals surface area (Å²) in [5, 5.41) is 12.9. The van der Waals surface area contributed by atoms with Crippen molar-refractivity contribution < 1.29 is 9.63 Å². The van der Waals surface area contributed by atoms with Gasteiger partial charge in [-0.1, -0.05) is 17.3 Å². The topological polar surface area (TPSA) is 72.3 Å². The molecule has 0 fully saturated rings. The van der Waals surface area contributed by atoms with Crippen LogP contribution < -0.4 is 5.73 Å². The molecule has 0 radical (unpaired) electrons. The number of nitrogens with two attached hydrogens (primary N) is 1. The normalized spacial score (nSPS) is 10.4. The molecule has 14 heavy (non-hydrogen) atoms. The Hall–Kier alpha value is -1.97. The molecule has 0 atom stereocenters. The van der Waals surface area contributed by atoms with Gasteiger partial charge in [-0.3, -0.25) is 0 Å². The van der Waals surface area contributed by atoms with Gasteiger partial charge in [0.2, 0.25) is 5.88 Å². The summed E-state index contributed by atoms with van der Waals surface area (Å²) in [6, 6.07) is 6.74. The van der Waals surface area contributed by atoms with E-state index in [9.17, 15) is 0 Å². The van der Waals surface area contributed by atoms with Gasteiger partial charge in [-0.05, 0) is 24.6 Å². The molecule has 0 bridgehead atoms. The number of anilines is 1. The number of nitrogens with zero attached hydrogens (tertiary/aromatic N) is 1. The summed E-state index contributed by atoms with van der Waals surface area (Å²) in [6.45, 7) is 1.82. The van der Waals surface area contributed by atoms with Crippen LogP contribution in [0.25, 0.3) is 11.1 Å². The molecule has 0 saturated heterocycles. The van der Waals surface area contributed by atoms with Crippen LogP contribution in [0.2, 0.25) is 0 Å². The number of benzene rings is 1. The highest BCUT2D eigenvalue weighted by Gasteiger charge is 2.11. The number of phenols is 1. The van der Waals surface area contributed by atoms with Crippen molar-refractivity contribution in [3.8, 4) is 16.9 Å². The van der Waals surface area contributed by atoms with Gasteiger partial charge in [-0.2, -0.15) is 0 Å². The Balaban J connectivity index is 2.54. The van der Waals surface area contributed by atoms with Gasteiger partial charge in [0.1, 0.15) is 5.75 Å². The number of phenolic OH excluding ortho intramolecular Hbond substituents is 1. The van der Waals surface area contributed by atoms with Crippen molar-refractivity contribution in [1.29, 1.82) is 0 Å². The molecule has 0 saturated carbocycles. The molecule has 0 spiro atoms. The number of aromatic nitrogens is 1. The molecular weight excluding hydrogens is 180 g/mol. The van der Waals surface area contributed by atoms with E-state index >= 15 is 0 Å². The van der Waals surface area contributed by atoms with E-state index in [1.165, 1.54) is 0 Å². The summed E-state index contributed by atoms with van der Waals surface area (Å²) in [5.74, 6) is 0.523. The van der Waals surface area contributed by atoms with Crippen molar-refractivity contribution in [2.45, 2.75) is 6.92 Å². The number of hydrogen-bond acceptors (Lipinski definition) is 4. The van der Waals surface area contributed by atoms with Gasteiger partial charge in [0.15, 0.2) is 0 Å². The molecule has 0 unspecified atom stereocenters. The van der Waals surface area contributed by atoms with Gasteiger partial charge >= 0.3 is 0 Å². The van der Waals surface area contributed by atoms with E-state index in [4.69, 9.17) is 15.4 Å². The molecule has 4 heteroatoms. The van der Waals surface area contributed by atoms with Gasteiger partial charge in [0.05, 0.1) is 11.3 Å². The second kappa shape index (κ2) is 3.06. The lowest BCUT2D eigenvalue weighted by Gasteiger charge is -1.99. The molecule has 3 N–H and O–H groups in total. The zero-order valence-electron chi connectivity index (χ0n) is 7.69. The number of rotatable bonds is 1. The van der Waals surface area contributed by atoms with Crippen LogP contribution in [0.4, 0.5) is 5.88 Å². The summed E-state index contributed by atoms with van der Waals surface area (Å²) in [4.78, 5) is 0. The average molecular weight is 190 g/mol. The summed E-state index contributed by atoms with van der Waals surface area (Å²) in [5.41, 5.74) is 8.03. The molecule has 0 aliphatic carbocycles. The van der Waals surface area contributed by atoms with Crippen LogP contribution in [0, 0.1) is 6.92 Å². The highest BCUT2D eigenvalue weighted by Crippen LogP contribution is 2.29. The van der Waals surface area contributed by atoms with Crippen molar-refractivity contribution in [2.75, 3.05) is 5.73 Å². The van der Waals surface area contributed by atoms with E-state index in [0.717, 1.165) is 16.8 Å². The van der Waals surface area contributed by atoms with Crippen LogP contribution in [-0.4, -0.2) is 10.3 Å². The first-order valence-corrected chi connectivity index (χ1v) is 4.19. The maximum atomic E-state index is 9.12. The lowest BCUT2D eigenvalue weighted by Crippen LogP contribution is -1.86. The van der Waals surface area contributed by atoms with Gasteiger partial charge in [-0.25, -0.2) is 0 Å². The monoisotopic (exact) mass is 190 g/mol. The summed E-state index contributed by atoms with van der Waals surface area (Å²) < 4.78 is 4.85. The quantitative estimate of drug-likeness (QED) is 0.720. The van der Waals surface area contributed by atoms with Crippen LogP contribution in [-0.2, 0) is 0 Å². The highest BCUT2D eigenvalue weighted by molar-refractivity contribution is 5.75. The third-order valence-corrected chi connectivity index (χ3v) is 2.05. The Bertz CT molecular complexity index is 426. The largest absolute Gasteiger partial charge is 0.508 e. The molecule has 1 aromatic heterocycles. The highest BCUT2D eigenvalue weighted by atomic mass is 16.5. The first kappa shape index (κ1) is 8.62. The van der Waals surface area contributed by atoms with Crippen molar-refractivity contribution in [2.24, 2.45) is 0 Å². The van der Waals surface area contributed by atoms with Gasteiger partial charge in [0.25, 0.3) is 0 Å². The van der Waals surface area contributed by atoms with Crippen LogP contribution in [0.3, 0.4) is 0 Å². The lowest BCUT2D eigenvalue weighted by atomic mass is 10.1. The number of nitrogen functional groups attached to an aromatic ring is 1. The number of aryl methyl sites for hydroxylation is 1. The van der Waals surface area contributed by atoms with E-state index in [1.54, 1.807) is 24.3 Å². The first-order chi connectivity index (χ1) is 6.68. The van der Waals surface area contributed by atoms with Crippen LogP contribution in [0.15, 0.2) is 28.8 Å². The minimum Gasteiger partial charge on any atom is -0.508 e. The third-order valence-electron chi connectivity index (χ3n) is 2.05. The summed E-state index contributed by atoms with van der Waals surface area (Å²) in [6.07, 6.45) is 0. The molecule has 2 rings (SSSR count). The fourth-order valence-electron chi connectivity index (χ4n) is 1.37. The van der Waals surface area contributed by atoms with Crippen molar-refractivity contribution in [3.63, 3.8) is 0 Å². The molecular formula is C10H10N2O2. The average Bonchev–Trinajstić information content (AvgIpc) is 2.49. The second-order valence-electron chi connectivity index (χ2n) is 3.05. The first-order valence-electron chi connectivity index (χ1n) is 4.19. The van der Waals surface area contributed by atoms with Gasteiger partial charge < -0.3 is 15.4 Å². The van der Waals surface area contributed by atoms with E-state index in [2.05, 4.69) is 5.16 Å². The van der Waals surface area contributed by atoms with Crippen LogP contribution in [0.1, 0.15) is 5.69 Å². The molecule has 0 amide bonds. The Morgan fingerprint density at radius 2 is 1.93 bits per heavy atom. The molecule has 1 heterocycles.